The molecule has 0 radical (unpaired) electrons. The molecule has 1 unspecified atom stereocenters. The fourth-order valence-electron chi connectivity index (χ4n) is 3.02. The van der Waals surface area contributed by atoms with Crippen molar-refractivity contribution in [3.63, 3.8) is 0 Å². The van der Waals surface area contributed by atoms with Gasteiger partial charge in [0.1, 0.15) is 0 Å². The van der Waals surface area contributed by atoms with Gasteiger partial charge in [-0.3, -0.25) is 0 Å². The monoisotopic (exact) mass is 386 g/mol. The van der Waals surface area contributed by atoms with Crippen molar-refractivity contribution < 1.29 is 47.6 Å². The molecule has 0 spiro atoms. The van der Waals surface area contributed by atoms with Crippen molar-refractivity contribution in [3.05, 3.63) is 0 Å². The van der Waals surface area contributed by atoms with Gasteiger partial charge in [0, 0.05) is 5.75 Å². The molecule has 0 amide bonds. The van der Waals surface area contributed by atoms with E-state index in [4.69, 9.17) is 0 Å². The number of hydrogen-bond acceptors (Lipinski definition) is 4. The molecule has 0 fully saturated rings. The Morgan fingerprint density at radius 1 is 0.720 bits per heavy atom. The van der Waals surface area contributed by atoms with E-state index in [-0.39, 0.29) is 41.4 Å². The summed E-state index contributed by atoms with van der Waals surface area (Å²) in [5, 5.41) is 9.92. The van der Waals surface area contributed by atoms with Crippen molar-refractivity contribution in [2.24, 2.45) is 0 Å². The minimum absolute atomic E-state index is 0. The first-order valence-corrected chi connectivity index (χ1v) is 11.6. The van der Waals surface area contributed by atoms with Gasteiger partial charge in [0.25, 0.3) is 0 Å². The van der Waals surface area contributed by atoms with Crippen LogP contribution in [-0.2, 0) is 10.1 Å². The molecule has 146 valence electrons. The standard InChI is InChI=1S/C19H40O4S.Na/c1-2-3-4-10-13-16-19(20)17-14-11-8-6-5-7-9-12-15-18-24(21,22)23;/h19-20H,2-18H2,1H3,(H,21,22,23);/q;+1/p-1. The average Bonchev–Trinajstić information content (AvgIpc) is 2.51. The Morgan fingerprint density at radius 2 is 1.08 bits per heavy atom. The van der Waals surface area contributed by atoms with Crippen LogP contribution in [0.3, 0.4) is 0 Å². The van der Waals surface area contributed by atoms with Crippen molar-refractivity contribution in [1.82, 2.24) is 0 Å². The van der Waals surface area contributed by atoms with Crippen molar-refractivity contribution in [2.75, 3.05) is 5.75 Å². The van der Waals surface area contributed by atoms with Crippen molar-refractivity contribution in [3.8, 4) is 0 Å². The molecule has 0 rings (SSSR count). The second-order valence-electron chi connectivity index (χ2n) is 7.09. The van der Waals surface area contributed by atoms with E-state index in [0.29, 0.717) is 6.42 Å². The second-order valence-corrected chi connectivity index (χ2v) is 8.61. The molecule has 4 nitrogen and oxygen atoms in total. The molecule has 0 bridgehead atoms. The van der Waals surface area contributed by atoms with Gasteiger partial charge in [-0.1, -0.05) is 90.4 Å². The predicted octanol–water partition coefficient (Wildman–Crippen LogP) is 2.16. The molecule has 6 heteroatoms. The fraction of sp³-hybridized carbons (Fsp3) is 1.00. The quantitative estimate of drug-likeness (QED) is 0.222. The fourth-order valence-corrected chi connectivity index (χ4v) is 3.58. The van der Waals surface area contributed by atoms with Crippen LogP contribution in [-0.4, -0.2) is 29.9 Å². The van der Waals surface area contributed by atoms with Crippen LogP contribution in [0.15, 0.2) is 0 Å². The van der Waals surface area contributed by atoms with Crippen LogP contribution in [0, 0.1) is 0 Å². The van der Waals surface area contributed by atoms with E-state index in [1.165, 1.54) is 51.4 Å². The van der Waals surface area contributed by atoms with Gasteiger partial charge < -0.3 is 9.66 Å². The maximum absolute atomic E-state index is 10.4. The number of unbranched alkanes of at least 4 members (excludes halogenated alkanes) is 12. The van der Waals surface area contributed by atoms with Gasteiger partial charge in [0.2, 0.25) is 0 Å². The van der Waals surface area contributed by atoms with E-state index < -0.39 is 10.1 Å². The van der Waals surface area contributed by atoms with Gasteiger partial charge in [0.15, 0.2) is 0 Å². The second kappa shape index (κ2) is 19.6. The maximum atomic E-state index is 10.4. The zero-order chi connectivity index (χ0) is 18.1. The molecule has 0 aliphatic heterocycles. The van der Waals surface area contributed by atoms with Gasteiger partial charge in [-0.05, 0) is 19.3 Å². The average molecular weight is 387 g/mol. The number of aliphatic hydroxyl groups excluding tert-OH is 1. The number of aliphatic hydroxyl groups is 1. The Labute approximate surface area is 178 Å². The van der Waals surface area contributed by atoms with E-state index in [1.807, 2.05) is 0 Å². The summed E-state index contributed by atoms with van der Waals surface area (Å²) in [4.78, 5) is 0. The number of hydrogen-bond donors (Lipinski definition) is 1. The topological polar surface area (TPSA) is 77.4 Å². The Hall–Kier alpha value is 0.870. The Balaban J connectivity index is 0. The van der Waals surface area contributed by atoms with Gasteiger partial charge in [-0.25, -0.2) is 8.42 Å². The molecule has 0 saturated heterocycles. The first kappa shape index (κ1) is 28.1. The summed E-state index contributed by atoms with van der Waals surface area (Å²) >= 11 is 0. The predicted molar refractivity (Wildman–Crippen MR) is 100 cm³/mol. The SMILES string of the molecule is CCCCCCCC(O)CCCCCCCCCCCS(=O)(=O)[O-].[Na+]. The molecule has 25 heavy (non-hydrogen) atoms. The normalized spacial score (nSPS) is 12.8. The smallest absolute Gasteiger partial charge is 0.748 e. The molecule has 0 aliphatic rings. The van der Waals surface area contributed by atoms with Crippen LogP contribution in [0.1, 0.15) is 110 Å². The summed E-state index contributed by atoms with van der Waals surface area (Å²) in [6.07, 6.45) is 17.5. The van der Waals surface area contributed by atoms with Crippen LogP contribution in [0.4, 0.5) is 0 Å². The molecule has 0 heterocycles. The van der Waals surface area contributed by atoms with Gasteiger partial charge >= 0.3 is 29.6 Å². The van der Waals surface area contributed by atoms with Crippen LogP contribution < -0.4 is 29.6 Å². The molecule has 0 aromatic heterocycles. The first-order chi connectivity index (χ1) is 11.5. The molecular weight excluding hydrogens is 347 g/mol. The van der Waals surface area contributed by atoms with E-state index in [9.17, 15) is 18.1 Å². The van der Waals surface area contributed by atoms with Gasteiger partial charge in [-0.15, -0.1) is 0 Å². The number of rotatable bonds is 18. The molecule has 0 aliphatic carbocycles. The van der Waals surface area contributed by atoms with E-state index in [2.05, 4.69) is 6.92 Å². The Bertz CT molecular complexity index is 360. The van der Waals surface area contributed by atoms with Crippen molar-refractivity contribution in [2.45, 2.75) is 116 Å². The third-order valence-corrected chi connectivity index (χ3v) is 5.36. The van der Waals surface area contributed by atoms with Crippen LogP contribution in [0.25, 0.3) is 0 Å². The summed E-state index contributed by atoms with van der Waals surface area (Å²) in [5.41, 5.74) is 0. The minimum Gasteiger partial charge on any atom is -0.748 e. The third kappa shape index (κ3) is 24.9. The minimum atomic E-state index is -4.02. The Morgan fingerprint density at radius 3 is 1.48 bits per heavy atom. The van der Waals surface area contributed by atoms with E-state index in [1.54, 1.807) is 0 Å². The summed E-state index contributed by atoms with van der Waals surface area (Å²) in [7, 11) is -4.02. The van der Waals surface area contributed by atoms with E-state index in [0.717, 1.165) is 44.9 Å². The van der Waals surface area contributed by atoms with Gasteiger partial charge in [-0.2, -0.15) is 0 Å². The van der Waals surface area contributed by atoms with Crippen LogP contribution in [0.5, 0.6) is 0 Å². The van der Waals surface area contributed by atoms with Crippen molar-refractivity contribution in [1.29, 1.82) is 0 Å². The maximum Gasteiger partial charge on any atom is 1.00 e. The largest absolute Gasteiger partial charge is 1.00 e. The molecule has 1 N–H and O–H groups in total. The summed E-state index contributed by atoms with van der Waals surface area (Å²) in [6, 6.07) is 0. The van der Waals surface area contributed by atoms with Crippen molar-refractivity contribution >= 4 is 10.1 Å². The van der Waals surface area contributed by atoms with Crippen LogP contribution >= 0.6 is 0 Å². The zero-order valence-electron chi connectivity index (χ0n) is 16.7. The van der Waals surface area contributed by atoms with Crippen LogP contribution in [0.2, 0.25) is 0 Å². The molecule has 0 aromatic rings. The summed E-state index contributed by atoms with van der Waals surface area (Å²) < 4.78 is 31.3. The zero-order valence-corrected chi connectivity index (χ0v) is 19.5. The molecule has 0 saturated carbocycles. The first-order valence-electron chi connectivity index (χ1n) is 10.1. The third-order valence-electron chi connectivity index (χ3n) is 4.57. The molecule has 1 atom stereocenters. The molecule has 0 aromatic carbocycles. The molecular formula is C19H39NaO4S. The van der Waals surface area contributed by atoms with E-state index >= 15 is 0 Å². The van der Waals surface area contributed by atoms with Gasteiger partial charge in [0.05, 0.1) is 16.2 Å². The summed E-state index contributed by atoms with van der Waals surface area (Å²) in [5.74, 6) is -0.214. The Kier molecular flexibility index (Phi) is 22.0. The summed E-state index contributed by atoms with van der Waals surface area (Å²) in [6.45, 7) is 2.22.